The zero-order valence-corrected chi connectivity index (χ0v) is 11.8. The molecule has 0 amide bonds. The minimum atomic E-state index is 0.398. The lowest BCUT2D eigenvalue weighted by Gasteiger charge is -2.27. The second-order valence-electron chi connectivity index (χ2n) is 5.05. The van der Waals surface area contributed by atoms with E-state index in [-0.39, 0.29) is 0 Å². The van der Waals surface area contributed by atoms with Crippen LogP contribution in [-0.4, -0.2) is 11.5 Å². The predicted octanol–water partition coefficient (Wildman–Crippen LogP) is 3.82. The molecule has 4 heteroatoms. The van der Waals surface area contributed by atoms with Crippen molar-refractivity contribution in [3.63, 3.8) is 0 Å². The lowest BCUT2D eigenvalue weighted by molar-refractivity contribution is 0.275. The molecule has 0 saturated heterocycles. The first-order valence-electron chi connectivity index (χ1n) is 6.54. The van der Waals surface area contributed by atoms with E-state index in [2.05, 4.69) is 20.9 Å². The molecule has 2 N–H and O–H groups in total. The average Bonchev–Trinajstić information content (AvgIpc) is 2.81. The summed E-state index contributed by atoms with van der Waals surface area (Å²) in [5.74, 6) is 1.79. The summed E-state index contributed by atoms with van der Waals surface area (Å²) in [5.41, 5.74) is 7.67. The van der Waals surface area contributed by atoms with Crippen molar-refractivity contribution in [2.24, 2.45) is 11.7 Å². The highest BCUT2D eigenvalue weighted by Crippen LogP contribution is 2.38. The minimum absolute atomic E-state index is 0.398. The summed E-state index contributed by atoms with van der Waals surface area (Å²) < 4.78 is 6.94. The van der Waals surface area contributed by atoms with Gasteiger partial charge in [0.05, 0.1) is 0 Å². The fourth-order valence-electron chi connectivity index (χ4n) is 2.89. The largest absolute Gasteiger partial charge is 0.440 e. The van der Waals surface area contributed by atoms with Gasteiger partial charge in [0.1, 0.15) is 5.52 Å². The van der Waals surface area contributed by atoms with Crippen LogP contribution in [0.25, 0.3) is 11.1 Å². The molecule has 2 atom stereocenters. The smallest absolute Gasteiger partial charge is 0.198 e. The van der Waals surface area contributed by atoms with Gasteiger partial charge in [-0.1, -0.05) is 28.8 Å². The van der Waals surface area contributed by atoms with E-state index in [0.717, 1.165) is 34.4 Å². The number of rotatable bonds is 2. The molecule has 1 aromatic heterocycles. The molecule has 18 heavy (non-hydrogen) atoms. The number of oxazole rings is 1. The van der Waals surface area contributed by atoms with E-state index in [1.807, 2.05) is 18.2 Å². The highest BCUT2D eigenvalue weighted by molar-refractivity contribution is 9.10. The molecule has 2 unspecified atom stereocenters. The Morgan fingerprint density at radius 1 is 1.33 bits per heavy atom. The van der Waals surface area contributed by atoms with E-state index in [1.54, 1.807) is 0 Å². The molecule has 1 saturated carbocycles. The molecule has 2 aromatic rings. The summed E-state index contributed by atoms with van der Waals surface area (Å²) >= 11 is 3.46. The number of hydrogen-bond acceptors (Lipinski definition) is 3. The molecule has 0 spiro atoms. The normalized spacial score (nSPS) is 24.6. The van der Waals surface area contributed by atoms with Gasteiger partial charge in [-0.05, 0) is 43.5 Å². The van der Waals surface area contributed by atoms with Crippen LogP contribution in [0.5, 0.6) is 0 Å². The fraction of sp³-hybridized carbons (Fsp3) is 0.500. The second-order valence-corrected chi connectivity index (χ2v) is 5.97. The number of nitrogens with zero attached hydrogens (tertiary/aromatic N) is 1. The molecule has 0 radical (unpaired) electrons. The van der Waals surface area contributed by atoms with Gasteiger partial charge in [-0.15, -0.1) is 0 Å². The second kappa shape index (κ2) is 5.02. The molecular weight excluding hydrogens is 292 g/mol. The molecule has 0 bridgehead atoms. The third-order valence-corrected chi connectivity index (χ3v) is 4.39. The average molecular weight is 309 g/mol. The van der Waals surface area contributed by atoms with E-state index in [9.17, 15) is 0 Å². The quantitative estimate of drug-likeness (QED) is 0.917. The molecule has 1 aliphatic carbocycles. The molecule has 1 aliphatic rings. The van der Waals surface area contributed by atoms with Gasteiger partial charge < -0.3 is 10.2 Å². The molecule has 0 aliphatic heterocycles. The van der Waals surface area contributed by atoms with Crippen molar-refractivity contribution >= 4 is 27.0 Å². The van der Waals surface area contributed by atoms with Gasteiger partial charge in [0.15, 0.2) is 11.5 Å². The number of benzene rings is 1. The molecule has 1 aromatic carbocycles. The van der Waals surface area contributed by atoms with E-state index < -0.39 is 0 Å². The minimum Gasteiger partial charge on any atom is -0.440 e. The van der Waals surface area contributed by atoms with Gasteiger partial charge in [-0.2, -0.15) is 0 Å². The molecule has 1 fully saturated rings. The van der Waals surface area contributed by atoms with E-state index in [1.165, 1.54) is 19.3 Å². The summed E-state index contributed by atoms with van der Waals surface area (Å²) in [4.78, 5) is 4.64. The molecule has 96 valence electrons. The Labute approximate surface area is 115 Å². The van der Waals surface area contributed by atoms with Crippen molar-refractivity contribution in [3.8, 4) is 0 Å². The molecule has 3 nitrogen and oxygen atoms in total. The number of halogens is 1. The summed E-state index contributed by atoms with van der Waals surface area (Å²) in [7, 11) is 0. The molecule has 1 heterocycles. The Morgan fingerprint density at radius 3 is 3.00 bits per heavy atom. The highest BCUT2D eigenvalue weighted by atomic mass is 79.9. The van der Waals surface area contributed by atoms with Gasteiger partial charge >= 0.3 is 0 Å². The number of nitrogens with two attached hydrogens (primary N) is 1. The lowest BCUT2D eigenvalue weighted by atomic mass is 9.79. The van der Waals surface area contributed by atoms with Crippen LogP contribution in [0.1, 0.15) is 37.5 Å². The standard InChI is InChI=1S/C14H17BrN2O/c15-10-5-6-13-12(7-10)17-14(18-13)11-4-2-1-3-9(11)8-16/h5-7,9,11H,1-4,8,16H2. The van der Waals surface area contributed by atoms with Crippen molar-refractivity contribution in [1.82, 2.24) is 4.98 Å². The molecular formula is C14H17BrN2O. The third-order valence-electron chi connectivity index (χ3n) is 3.90. The Bertz CT molecular complexity index is 552. The van der Waals surface area contributed by atoms with Crippen LogP contribution in [0.4, 0.5) is 0 Å². The zero-order chi connectivity index (χ0) is 12.5. The third kappa shape index (κ3) is 2.19. The first kappa shape index (κ1) is 12.2. The monoisotopic (exact) mass is 308 g/mol. The number of fused-ring (bicyclic) bond motifs is 1. The Kier molecular flexibility index (Phi) is 3.39. The summed E-state index contributed by atoms with van der Waals surface area (Å²) in [6, 6.07) is 5.96. The van der Waals surface area contributed by atoms with Crippen molar-refractivity contribution < 1.29 is 4.42 Å². The van der Waals surface area contributed by atoms with Gasteiger partial charge in [0.25, 0.3) is 0 Å². The van der Waals surface area contributed by atoms with Crippen molar-refractivity contribution in [2.45, 2.75) is 31.6 Å². The van der Waals surface area contributed by atoms with Crippen LogP contribution in [0, 0.1) is 5.92 Å². The predicted molar refractivity (Wildman–Crippen MR) is 75.5 cm³/mol. The topological polar surface area (TPSA) is 52.0 Å². The van der Waals surface area contributed by atoms with E-state index >= 15 is 0 Å². The van der Waals surface area contributed by atoms with E-state index in [4.69, 9.17) is 10.2 Å². The van der Waals surface area contributed by atoms with E-state index in [0.29, 0.717) is 11.8 Å². The van der Waals surface area contributed by atoms with Crippen LogP contribution in [0.15, 0.2) is 27.1 Å². The van der Waals surface area contributed by atoms with Crippen molar-refractivity contribution in [2.75, 3.05) is 6.54 Å². The van der Waals surface area contributed by atoms with Gasteiger partial charge in [0, 0.05) is 10.4 Å². The number of hydrogen-bond donors (Lipinski definition) is 1. The van der Waals surface area contributed by atoms with Crippen molar-refractivity contribution in [3.05, 3.63) is 28.6 Å². The maximum atomic E-state index is 5.91. The highest BCUT2D eigenvalue weighted by Gasteiger charge is 2.29. The number of aromatic nitrogens is 1. The molecule has 3 rings (SSSR count). The summed E-state index contributed by atoms with van der Waals surface area (Å²) in [6.07, 6.45) is 4.88. The maximum Gasteiger partial charge on any atom is 0.198 e. The van der Waals surface area contributed by atoms with Crippen LogP contribution in [0.3, 0.4) is 0 Å². The first-order chi connectivity index (χ1) is 8.78. The van der Waals surface area contributed by atoms with Gasteiger partial charge in [0.2, 0.25) is 0 Å². The first-order valence-corrected chi connectivity index (χ1v) is 7.33. The van der Waals surface area contributed by atoms with Crippen LogP contribution in [0.2, 0.25) is 0 Å². The lowest BCUT2D eigenvalue weighted by Crippen LogP contribution is -2.25. The fourth-order valence-corrected chi connectivity index (χ4v) is 3.24. The van der Waals surface area contributed by atoms with Crippen LogP contribution >= 0.6 is 15.9 Å². The van der Waals surface area contributed by atoms with Gasteiger partial charge in [-0.3, -0.25) is 0 Å². The van der Waals surface area contributed by atoms with Crippen LogP contribution < -0.4 is 5.73 Å². The van der Waals surface area contributed by atoms with Crippen LogP contribution in [-0.2, 0) is 0 Å². The Morgan fingerprint density at radius 2 is 2.17 bits per heavy atom. The van der Waals surface area contributed by atoms with Gasteiger partial charge in [-0.25, -0.2) is 4.98 Å². The summed E-state index contributed by atoms with van der Waals surface area (Å²) in [5, 5.41) is 0. The van der Waals surface area contributed by atoms with Crippen molar-refractivity contribution in [1.29, 1.82) is 0 Å². The summed E-state index contributed by atoms with van der Waals surface area (Å²) in [6.45, 7) is 0.729. The Balaban J connectivity index is 1.97. The maximum absolute atomic E-state index is 5.91. The zero-order valence-electron chi connectivity index (χ0n) is 10.2. The SMILES string of the molecule is NCC1CCCCC1c1nc2cc(Br)ccc2o1. The Hall–Kier alpha value is -0.870.